The van der Waals surface area contributed by atoms with Crippen LogP contribution in [0, 0.1) is 17.0 Å². The van der Waals surface area contributed by atoms with Gasteiger partial charge in [-0.15, -0.1) is 0 Å². The quantitative estimate of drug-likeness (QED) is 0.428. The van der Waals surface area contributed by atoms with Gasteiger partial charge in [-0.3, -0.25) is 10.1 Å². The molecule has 0 atom stereocenters. The molecule has 0 unspecified atom stereocenters. The first-order chi connectivity index (χ1) is 9.38. The lowest BCUT2D eigenvalue weighted by molar-refractivity contribution is -0.385. The van der Waals surface area contributed by atoms with Crippen LogP contribution in [0.15, 0.2) is 23.1 Å². The Kier molecular flexibility index (Phi) is 6.05. The molecule has 0 aliphatic heterocycles. The van der Waals surface area contributed by atoms with Crippen molar-refractivity contribution in [3.05, 3.63) is 33.9 Å². The first-order valence-corrected chi connectivity index (χ1v) is 7.72. The Balaban J connectivity index is 2.75. The van der Waals surface area contributed by atoms with E-state index in [0.717, 1.165) is 6.42 Å². The smallest absolute Gasteiger partial charge is 0.269 e. The van der Waals surface area contributed by atoms with Crippen molar-refractivity contribution in [1.82, 2.24) is 4.72 Å². The fourth-order valence-corrected chi connectivity index (χ4v) is 3.05. The van der Waals surface area contributed by atoms with Crippen molar-refractivity contribution in [1.29, 1.82) is 0 Å². The number of nitrogens with zero attached hydrogens (tertiary/aromatic N) is 1. The molecule has 0 spiro atoms. The van der Waals surface area contributed by atoms with E-state index in [4.69, 9.17) is 5.11 Å². The number of aryl methyl sites for hydroxylation is 1. The first-order valence-electron chi connectivity index (χ1n) is 6.24. The predicted octanol–water partition coefficient (Wildman–Crippen LogP) is 1.34. The summed E-state index contributed by atoms with van der Waals surface area (Å²) in [6.45, 7) is 1.89. The van der Waals surface area contributed by atoms with Gasteiger partial charge in [0.25, 0.3) is 5.69 Å². The molecule has 0 aromatic heterocycles. The highest BCUT2D eigenvalue weighted by Gasteiger charge is 2.18. The van der Waals surface area contributed by atoms with E-state index in [1.807, 2.05) is 0 Å². The number of non-ortho nitro benzene ring substituents is 1. The number of nitro groups is 1. The molecule has 2 N–H and O–H groups in total. The number of rotatable bonds is 8. The fourth-order valence-electron chi connectivity index (χ4n) is 1.75. The lowest BCUT2D eigenvalue weighted by Crippen LogP contribution is -2.25. The second-order valence-corrected chi connectivity index (χ2v) is 6.12. The summed E-state index contributed by atoms with van der Waals surface area (Å²) >= 11 is 0. The van der Waals surface area contributed by atoms with Crippen LogP contribution in [0.5, 0.6) is 0 Å². The summed E-state index contributed by atoms with van der Waals surface area (Å²) in [6.07, 6.45) is 2.00. The molecule has 0 saturated heterocycles. The second-order valence-electron chi connectivity index (χ2n) is 4.39. The lowest BCUT2D eigenvalue weighted by atomic mass is 10.2. The monoisotopic (exact) mass is 302 g/mol. The maximum Gasteiger partial charge on any atom is 0.269 e. The number of aliphatic hydroxyl groups is 1. The van der Waals surface area contributed by atoms with Crippen LogP contribution in [0.25, 0.3) is 0 Å². The number of aliphatic hydroxyl groups excluding tert-OH is 1. The molecule has 0 radical (unpaired) electrons. The van der Waals surface area contributed by atoms with Crippen molar-refractivity contribution in [2.24, 2.45) is 0 Å². The molecule has 8 heteroatoms. The van der Waals surface area contributed by atoms with Crippen molar-refractivity contribution in [3.8, 4) is 0 Å². The molecule has 7 nitrogen and oxygen atoms in total. The average Bonchev–Trinajstić information content (AvgIpc) is 2.37. The molecular weight excluding hydrogens is 284 g/mol. The predicted molar refractivity (Wildman–Crippen MR) is 74.0 cm³/mol. The second kappa shape index (κ2) is 7.32. The zero-order valence-electron chi connectivity index (χ0n) is 11.2. The minimum atomic E-state index is -3.66. The maximum atomic E-state index is 12.0. The fraction of sp³-hybridized carbons (Fsp3) is 0.500. The SMILES string of the molecule is Cc1cc([N+](=O)[O-])ccc1S(=O)(=O)NCCCCCO. The van der Waals surface area contributed by atoms with E-state index in [0.29, 0.717) is 18.4 Å². The van der Waals surface area contributed by atoms with Crippen LogP contribution in [-0.2, 0) is 10.0 Å². The lowest BCUT2D eigenvalue weighted by Gasteiger charge is -2.09. The van der Waals surface area contributed by atoms with Gasteiger partial charge in [0.2, 0.25) is 10.0 Å². The van der Waals surface area contributed by atoms with Crippen LogP contribution in [0.1, 0.15) is 24.8 Å². The molecule has 20 heavy (non-hydrogen) atoms. The number of hydrogen-bond donors (Lipinski definition) is 2. The Morgan fingerprint density at radius 3 is 2.55 bits per heavy atom. The zero-order chi connectivity index (χ0) is 15.2. The summed E-state index contributed by atoms with van der Waals surface area (Å²) in [5, 5.41) is 19.2. The number of hydrogen-bond acceptors (Lipinski definition) is 5. The van der Waals surface area contributed by atoms with Gasteiger partial charge in [-0.2, -0.15) is 0 Å². The van der Waals surface area contributed by atoms with Crippen LogP contribution in [0.3, 0.4) is 0 Å². The molecule has 112 valence electrons. The number of unbranched alkanes of at least 4 members (excludes halogenated alkanes) is 2. The summed E-state index contributed by atoms with van der Waals surface area (Å²) in [5.74, 6) is 0. The minimum absolute atomic E-state index is 0.0465. The zero-order valence-corrected chi connectivity index (χ0v) is 12.0. The number of nitro benzene ring substituents is 1. The standard InChI is InChI=1S/C12H18N2O5S/c1-10-9-11(14(16)17)5-6-12(10)20(18,19)13-7-3-2-4-8-15/h5-6,9,13,15H,2-4,7-8H2,1H3. The molecular formula is C12H18N2O5S. The maximum absolute atomic E-state index is 12.0. The molecule has 0 bridgehead atoms. The Morgan fingerprint density at radius 2 is 2.00 bits per heavy atom. The van der Waals surface area contributed by atoms with E-state index in [9.17, 15) is 18.5 Å². The van der Waals surface area contributed by atoms with Gasteiger partial charge >= 0.3 is 0 Å². The molecule has 0 aliphatic carbocycles. The third-order valence-corrected chi connectivity index (χ3v) is 4.41. The third-order valence-electron chi connectivity index (χ3n) is 2.79. The van der Waals surface area contributed by atoms with Gasteiger partial charge in [0, 0.05) is 25.3 Å². The summed E-state index contributed by atoms with van der Waals surface area (Å²) < 4.78 is 26.5. The third kappa shape index (κ3) is 4.55. The Hall–Kier alpha value is -1.51. The largest absolute Gasteiger partial charge is 0.396 e. The summed E-state index contributed by atoms with van der Waals surface area (Å²) in [5.41, 5.74) is 0.200. The molecule has 0 saturated carbocycles. The number of sulfonamides is 1. The van der Waals surface area contributed by atoms with Crippen LogP contribution in [-0.4, -0.2) is 31.6 Å². The highest BCUT2D eigenvalue weighted by Crippen LogP contribution is 2.20. The van der Waals surface area contributed by atoms with E-state index in [1.165, 1.54) is 25.1 Å². The van der Waals surface area contributed by atoms with Gasteiger partial charge in [0.05, 0.1) is 9.82 Å². The van der Waals surface area contributed by atoms with Crippen molar-refractivity contribution >= 4 is 15.7 Å². The summed E-state index contributed by atoms with van der Waals surface area (Å²) in [7, 11) is -3.66. The highest BCUT2D eigenvalue weighted by molar-refractivity contribution is 7.89. The van der Waals surface area contributed by atoms with E-state index in [1.54, 1.807) is 0 Å². The van der Waals surface area contributed by atoms with Crippen molar-refractivity contribution in [3.63, 3.8) is 0 Å². The first kappa shape index (κ1) is 16.5. The summed E-state index contributed by atoms with van der Waals surface area (Å²) in [4.78, 5) is 10.1. The van der Waals surface area contributed by atoms with Crippen LogP contribution in [0.2, 0.25) is 0 Å². The van der Waals surface area contributed by atoms with E-state index in [2.05, 4.69) is 4.72 Å². The molecule has 0 heterocycles. The Bertz CT molecular complexity index is 571. The van der Waals surface area contributed by atoms with Gasteiger partial charge < -0.3 is 5.11 Å². The molecule has 1 rings (SSSR count). The van der Waals surface area contributed by atoms with Crippen molar-refractivity contribution in [2.75, 3.05) is 13.2 Å². The molecule has 0 fully saturated rings. The molecule has 1 aromatic rings. The number of nitrogens with one attached hydrogen (secondary N) is 1. The summed E-state index contributed by atoms with van der Waals surface area (Å²) in [6, 6.07) is 3.65. The van der Waals surface area contributed by atoms with Crippen molar-refractivity contribution in [2.45, 2.75) is 31.1 Å². The van der Waals surface area contributed by atoms with Crippen molar-refractivity contribution < 1.29 is 18.4 Å². The van der Waals surface area contributed by atoms with E-state index in [-0.39, 0.29) is 23.7 Å². The van der Waals surface area contributed by atoms with Crippen LogP contribution < -0.4 is 4.72 Å². The minimum Gasteiger partial charge on any atom is -0.396 e. The van der Waals surface area contributed by atoms with Gasteiger partial charge in [-0.1, -0.05) is 0 Å². The Morgan fingerprint density at radius 1 is 1.30 bits per heavy atom. The van der Waals surface area contributed by atoms with E-state index < -0.39 is 14.9 Å². The Labute approximate surface area is 117 Å². The van der Waals surface area contributed by atoms with E-state index >= 15 is 0 Å². The van der Waals surface area contributed by atoms with Crippen LogP contribution >= 0.6 is 0 Å². The topological polar surface area (TPSA) is 110 Å². The average molecular weight is 302 g/mol. The van der Waals surface area contributed by atoms with Gasteiger partial charge in [-0.05, 0) is 37.8 Å². The van der Waals surface area contributed by atoms with Gasteiger partial charge in [0.15, 0.2) is 0 Å². The molecule has 1 aromatic carbocycles. The van der Waals surface area contributed by atoms with Gasteiger partial charge in [0.1, 0.15) is 0 Å². The number of benzene rings is 1. The molecule has 0 amide bonds. The van der Waals surface area contributed by atoms with Gasteiger partial charge in [-0.25, -0.2) is 13.1 Å². The normalized spacial score (nSPS) is 11.5. The highest BCUT2D eigenvalue weighted by atomic mass is 32.2. The van der Waals surface area contributed by atoms with Crippen LogP contribution in [0.4, 0.5) is 5.69 Å². The molecule has 0 aliphatic rings.